The minimum atomic E-state index is -1.75. The molecule has 2 amide bonds. The number of aliphatic carboxylic acids is 1. The average Bonchev–Trinajstić information content (AvgIpc) is 3.24. The van der Waals surface area contributed by atoms with Crippen LogP contribution in [0, 0.1) is 11.8 Å². The Morgan fingerprint density at radius 1 is 0.889 bits per heavy atom. The smallest absolute Gasteiger partial charge is 0.322 e. The number of hydrogen-bond donors (Lipinski definition) is 5. The summed E-state index contributed by atoms with van der Waals surface area (Å²) >= 11 is 0. The molecule has 1 saturated heterocycles. The highest BCUT2D eigenvalue weighted by atomic mass is 16.6. The van der Waals surface area contributed by atoms with Crippen molar-refractivity contribution >= 4 is 29.4 Å². The minimum Gasteiger partial charge on any atom is -0.507 e. The van der Waals surface area contributed by atoms with Crippen molar-refractivity contribution in [2.45, 2.75) is 111 Å². The summed E-state index contributed by atoms with van der Waals surface area (Å²) in [5, 5.41) is 37.1. The highest BCUT2D eigenvalue weighted by Crippen LogP contribution is 2.68. The quantitative estimate of drug-likeness (QED) is 0.120. The molecule has 5 aliphatic rings. The molecule has 2 fully saturated rings. The van der Waals surface area contributed by atoms with Crippen LogP contribution in [0.15, 0.2) is 58.2 Å². The van der Waals surface area contributed by atoms with Crippen LogP contribution in [0.1, 0.15) is 103 Å². The SMILES string of the molecule is CC(C)=CCC/C(C)=C/Cc1c(O)c(CC=C(C)C)c2c(c1O)C(=O)C1=CC3CC4C(C)(C)OC(C/C=C(/C)C(=O)NCC(=O)NCC(=O)O)(C3=O)C14O2. The highest BCUT2D eigenvalue weighted by molar-refractivity contribution is 6.18. The molecule has 5 N–H and O–H groups in total. The fraction of sp³-hybridized carbons (Fsp3) is 0.500. The number of nitrogens with one attached hydrogen (secondary N) is 2. The van der Waals surface area contributed by atoms with Crippen molar-refractivity contribution in [2.75, 3.05) is 13.1 Å². The first-order valence-electron chi connectivity index (χ1n) is 18.4. The summed E-state index contributed by atoms with van der Waals surface area (Å²) in [6.45, 7) is 14.0. The van der Waals surface area contributed by atoms with Crippen molar-refractivity contribution < 1.29 is 48.8 Å². The van der Waals surface area contributed by atoms with Gasteiger partial charge in [0.1, 0.15) is 29.4 Å². The summed E-state index contributed by atoms with van der Waals surface area (Å²) in [4.78, 5) is 65.1. The normalized spacial score (nSPS) is 24.9. The topological polar surface area (TPSA) is 189 Å². The number of ketones is 2. The zero-order chi connectivity index (χ0) is 39.9. The largest absolute Gasteiger partial charge is 0.507 e. The maximum atomic E-state index is 14.9. The number of phenols is 2. The van der Waals surface area contributed by atoms with Crippen LogP contribution in [0.5, 0.6) is 17.2 Å². The van der Waals surface area contributed by atoms with Crippen LogP contribution in [-0.2, 0) is 36.8 Å². The average molecular weight is 745 g/mol. The van der Waals surface area contributed by atoms with E-state index in [4.69, 9.17) is 14.6 Å². The number of carboxylic acid groups (broad SMARTS) is 1. The predicted molar refractivity (Wildman–Crippen MR) is 201 cm³/mol. The van der Waals surface area contributed by atoms with Gasteiger partial charge in [0, 0.05) is 40.5 Å². The molecule has 12 heteroatoms. The number of allylic oxidation sites excluding steroid dienone is 7. The van der Waals surface area contributed by atoms with Crippen LogP contribution in [0.25, 0.3) is 0 Å². The third-order valence-corrected chi connectivity index (χ3v) is 11.1. The number of hydrogen-bond acceptors (Lipinski definition) is 9. The maximum absolute atomic E-state index is 14.9. The lowest BCUT2D eigenvalue weighted by molar-refractivity contribution is -0.171. The molecule has 3 aliphatic carbocycles. The van der Waals surface area contributed by atoms with Crippen LogP contribution in [0.2, 0.25) is 0 Å². The van der Waals surface area contributed by atoms with Crippen LogP contribution in [-0.4, -0.2) is 74.6 Å². The van der Waals surface area contributed by atoms with Crippen molar-refractivity contribution in [2.24, 2.45) is 11.8 Å². The van der Waals surface area contributed by atoms with Crippen LogP contribution < -0.4 is 15.4 Å². The van der Waals surface area contributed by atoms with E-state index in [1.807, 2.05) is 60.6 Å². The maximum Gasteiger partial charge on any atom is 0.322 e. The summed E-state index contributed by atoms with van der Waals surface area (Å²) in [5.74, 6) is -5.06. The second-order valence-corrected chi connectivity index (χ2v) is 15.9. The molecule has 290 valence electrons. The van der Waals surface area contributed by atoms with Crippen molar-refractivity contribution in [3.63, 3.8) is 0 Å². The van der Waals surface area contributed by atoms with Crippen LogP contribution in [0.4, 0.5) is 0 Å². The zero-order valence-electron chi connectivity index (χ0n) is 32.4. The Balaban J connectivity index is 1.59. The molecule has 1 aromatic rings. The minimum absolute atomic E-state index is 0.00676. The van der Waals surface area contributed by atoms with Crippen molar-refractivity contribution in [1.29, 1.82) is 0 Å². The molecule has 1 saturated carbocycles. The van der Waals surface area contributed by atoms with Gasteiger partial charge in [0.15, 0.2) is 22.8 Å². The lowest BCUT2D eigenvalue weighted by Crippen LogP contribution is -2.72. The number of rotatable bonds is 14. The number of phenolic OH excluding ortho intramolecular Hbond substituents is 2. The molecule has 1 spiro atoms. The first kappa shape index (κ1) is 40.2. The van der Waals surface area contributed by atoms with Gasteiger partial charge in [0.2, 0.25) is 11.8 Å². The molecule has 2 aliphatic heterocycles. The van der Waals surface area contributed by atoms with E-state index in [2.05, 4.69) is 16.7 Å². The Morgan fingerprint density at radius 2 is 1.56 bits per heavy atom. The standard InChI is InChI=1S/C42H52N2O10/c1-22(2)10-9-11-24(5)13-15-27-34(48)28(14-12-23(3)4)37-33(35(27)49)36(50)29-18-26-19-30-40(7,8)54-41(38(26)51,42(29,30)53-37)17-16-25(6)39(52)44-20-31(45)43-21-32(46)47/h10,12-13,16,18,26,30,48-49H,9,11,14-15,17,19-21H2,1-8H3,(H,43,45)(H,44,52)(H,46,47)/b24-13+,25-16-. The predicted octanol–water partition coefficient (Wildman–Crippen LogP) is 5.50. The Bertz CT molecular complexity index is 1960. The second-order valence-electron chi connectivity index (χ2n) is 15.9. The van der Waals surface area contributed by atoms with Gasteiger partial charge in [-0.15, -0.1) is 0 Å². The first-order chi connectivity index (χ1) is 25.3. The van der Waals surface area contributed by atoms with Gasteiger partial charge in [-0.05, 0) is 87.5 Å². The van der Waals surface area contributed by atoms with E-state index >= 15 is 0 Å². The lowest BCUT2D eigenvalue weighted by Gasteiger charge is -2.56. The molecule has 54 heavy (non-hydrogen) atoms. The van der Waals surface area contributed by atoms with Gasteiger partial charge < -0.3 is 35.4 Å². The van der Waals surface area contributed by atoms with Crippen molar-refractivity contribution in [3.8, 4) is 17.2 Å². The number of amides is 2. The van der Waals surface area contributed by atoms with Crippen molar-refractivity contribution in [1.82, 2.24) is 10.6 Å². The summed E-state index contributed by atoms with van der Waals surface area (Å²) in [6.07, 6.45) is 11.4. The molecule has 6 rings (SSSR count). The van der Waals surface area contributed by atoms with Crippen molar-refractivity contribution in [3.05, 3.63) is 74.9 Å². The first-order valence-corrected chi connectivity index (χ1v) is 18.4. The van der Waals surface area contributed by atoms with E-state index in [-0.39, 0.29) is 64.6 Å². The van der Waals surface area contributed by atoms with Gasteiger partial charge >= 0.3 is 5.97 Å². The number of ether oxygens (including phenoxy) is 2. The Labute approximate surface area is 316 Å². The van der Waals surface area contributed by atoms with Gasteiger partial charge in [-0.2, -0.15) is 0 Å². The third-order valence-electron chi connectivity index (χ3n) is 11.1. The van der Waals surface area contributed by atoms with E-state index in [9.17, 15) is 34.2 Å². The summed E-state index contributed by atoms with van der Waals surface area (Å²) in [5.41, 5.74) is -0.267. The Morgan fingerprint density at radius 3 is 2.20 bits per heavy atom. The van der Waals surface area contributed by atoms with Crippen LogP contribution in [0.3, 0.4) is 0 Å². The molecule has 4 unspecified atom stereocenters. The monoisotopic (exact) mass is 744 g/mol. The fourth-order valence-electron chi connectivity index (χ4n) is 8.34. The molecule has 12 nitrogen and oxygen atoms in total. The number of aromatic hydroxyl groups is 2. The van der Waals surface area contributed by atoms with Gasteiger partial charge in [-0.3, -0.25) is 24.0 Å². The number of fused-ring (bicyclic) bond motifs is 1. The molecule has 4 bridgehead atoms. The Kier molecular flexibility index (Phi) is 11.2. The van der Waals surface area contributed by atoms with Gasteiger partial charge in [0.25, 0.3) is 0 Å². The van der Waals surface area contributed by atoms with E-state index in [1.54, 1.807) is 6.08 Å². The van der Waals surface area contributed by atoms with Gasteiger partial charge in [-0.1, -0.05) is 47.1 Å². The Hall–Kier alpha value is -4.97. The van der Waals surface area contributed by atoms with Crippen LogP contribution >= 0.6 is 0 Å². The summed E-state index contributed by atoms with van der Waals surface area (Å²) in [7, 11) is 0. The van der Waals surface area contributed by atoms with E-state index in [0.717, 1.165) is 24.0 Å². The highest BCUT2D eigenvalue weighted by Gasteiger charge is 2.81. The van der Waals surface area contributed by atoms with Gasteiger partial charge in [-0.25, -0.2) is 0 Å². The molecule has 4 atom stereocenters. The van der Waals surface area contributed by atoms with E-state index in [1.165, 1.54) is 18.6 Å². The zero-order valence-corrected chi connectivity index (χ0v) is 32.4. The molecule has 2 heterocycles. The van der Waals surface area contributed by atoms with E-state index in [0.29, 0.717) is 12.0 Å². The number of Topliss-reactive ketones (excluding diaryl/α,β-unsaturated/α-hetero) is 2. The lowest BCUT2D eigenvalue weighted by atomic mass is 9.51. The number of carboxylic acids is 1. The van der Waals surface area contributed by atoms with E-state index < -0.39 is 65.3 Å². The molecular formula is C42H52N2O10. The molecular weight excluding hydrogens is 692 g/mol. The number of carbonyl (C=O) groups is 5. The third kappa shape index (κ3) is 7.03. The van der Waals surface area contributed by atoms with Gasteiger partial charge in [0.05, 0.1) is 12.1 Å². The molecule has 0 radical (unpaired) electrons. The number of benzene rings is 1. The second kappa shape index (κ2) is 15.0. The molecule has 0 aromatic heterocycles. The molecule has 1 aromatic carbocycles. The fourth-order valence-corrected chi connectivity index (χ4v) is 8.34. The summed E-state index contributed by atoms with van der Waals surface area (Å²) < 4.78 is 13.8. The summed E-state index contributed by atoms with van der Waals surface area (Å²) in [6, 6.07) is 0. The number of carbonyl (C=O) groups excluding carboxylic acids is 4.